The van der Waals surface area contributed by atoms with Crippen molar-refractivity contribution in [3.63, 3.8) is 0 Å². The number of amides is 1. The van der Waals surface area contributed by atoms with Crippen LogP contribution < -0.4 is 15.0 Å². The molecule has 0 aliphatic carbocycles. The summed E-state index contributed by atoms with van der Waals surface area (Å²) >= 11 is 0. The molecule has 4 aromatic rings. The quantitative estimate of drug-likeness (QED) is 0.454. The van der Waals surface area contributed by atoms with Crippen molar-refractivity contribution in [3.8, 4) is 5.88 Å². The van der Waals surface area contributed by atoms with E-state index in [4.69, 9.17) is 9.47 Å². The molecule has 1 N–H and O–H groups in total. The lowest BCUT2D eigenvalue weighted by Gasteiger charge is -2.27. The molecule has 1 fully saturated rings. The van der Waals surface area contributed by atoms with Gasteiger partial charge in [0.25, 0.3) is 5.91 Å². The zero-order valence-corrected chi connectivity index (χ0v) is 18.7. The summed E-state index contributed by atoms with van der Waals surface area (Å²) in [6.07, 6.45) is 2.39. The van der Waals surface area contributed by atoms with Crippen molar-refractivity contribution in [1.29, 1.82) is 0 Å². The number of hydrogen-bond acceptors (Lipinski definition) is 7. The molecule has 1 amide bonds. The third kappa shape index (κ3) is 5.13. The molecule has 2 aromatic carbocycles. The summed E-state index contributed by atoms with van der Waals surface area (Å²) in [6.45, 7) is 2.88. The lowest BCUT2D eigenvalue weighted by molar-refractivity contribution is 0.102. The number of morpholine rings is 1. The molecule has 8 nitrogen and oxygen atoms in total. The Kier molecular flexibility index (Phi) is 6.58. The van der Waals surface area contributed by atoms with Gasteiger partial charge in [0.2, 0.25) is 11.8 Å². The van der Waals surface area contributed by atoms with E-state index in [2.05, 4.69) is 20.3 Å². The average molecular weight is 456 g/mol. The van der Waals surface area contributed by atoms with Crippen LogP contribution in [0, 0.1) is 0 Å². The van der Waals surface area contributed by atoms with Crippen LogP contribution in [0.3, 0.4) is 0 Å². The molecule has 0 bridgehead atoms. The second-order valence-corrected chi connectivity index (χ2v) is 7.89. The number of pyridine rings is 1. The number of anilines is 2. The number of rotatable bonds is 7. The van der Waals surface area contributed by atoms with E-state index in [1.165, 1.54) is 0 Å². The molecule has 3 heterocycles. The third-order valence-electron chi connectivity index (χ3n) is 5.59. The Labute approximate surface area is 197 Å². The van der Waals surface area contributed by atoms with E-state index in [1.54, 1.807) is 12.3 Å². The number of nitrogens with one attached hydrogen (secondary N) is 1. The van der Waals surface area contributed by atoms with Crippen molar-refractivity contribution in [2.24, 2.45) is 0 Å². The van der Waals surface area contributed by atoms with Crippen LogP contribution in [0.5, 0.6) is 5.88 Å². The van der Waals surface area contributed by atoms with Crippen LogP contribution in [0.25, 0.3) is 10.8 Å². The second-order valence-electron chi connectivity index (χ2n) is 7.89. The first-order valence-electron chi connectivity index (χ1n) is 11.3. The van der Waals surface area contributed by atoms with Crippen molar-refractivity contribution >= 4 is 28.3 Å². The minimum absolute atomic E-state index is 0.247. The summed E-state index contributed by atoms with van der Waals surface area (Å²) in [7, 11) is 0. The highest BCUT2D eigenvalue weighted by atomic mass is 16.5. The number of carbonyl (C=O) groups is 1. The summed E-state index contributed by atoms with van der Waals surface area (Å²) < 4.78 is 11.4. The first kappa shape index (κ1) is 21.8. The third-order valence-corrected chi connectivity index (χ3v) is 5.59. The molecule has 34 heavy (non-hydrogen) atoms. The van der Waals surface area contributed by atoms with Gasteiger partial charge in [-0.05, 0) is 23.6 Å². The number of hydrogen-bond donors (Lipinski definition) is 1. The highest BCUT2D eigenvalue weighted by Crippen LogP contribution is 2.24. The molecule has 8 heteroatoms. The fraction of sp³-hybridized carbons (Fsp3) is 0.231. The molecule has 1 aliphatic rings. The van der Waals surface area contributed by atoms with Gasteiger partial charge in [0, 0.05) is 48.5 Å². The van der Waals surface area contributed by atoms with Crippen LogP contribution in [0.1, 0.15) is 16.2 Å². The van der Waals surface area contributed by atoms with Gasteiger partial charge >= 0.3 is 0 Å². The maximum absolute atomic E-state index is 13.2. The Balaban J connectivity index is 1.39. The Morgan fingerprint density at radius 3 is 2.68 bits per heavy atom. The SMILES string of the molecule is O=C(Nc1cccc2ccccc12)c1cc(OCCc2ccccn2)nc(N2CCOCC2)n1. The number of carbonyl (C=O) groups excluding carboxylic acids is 1. The van der Waals surface area contributed by atoms with E-state index in [1.807, 2.05) is 65.6 Å². The minimum Gasteiger partial charge on any atom is -0.477 e. The maximum atomic E-state index is 13.2. The smallest absolute Gasteiger partial charge is 0.274 e. The highest BCUT2D eigenvalue weighted by molar-refractivity contribution is 6.08. The van der Waals surface area contributed by atoms with Crippen LogP contribution in [-0.2, 0) is 11.2 Å². The Bertz CT molecular complexity index is 1270. The van der Waals surface area contributed by atoms with E-state index in [0.29, 0.717) is 51.2 Å². The molecule has 0 unspecified atom stereocenters. The molecule has 0 saturated carbocycles. The van der Waals surface area contributed by atoms with Crippen LogP contribution in [0.15, 0.2) is 72.9 Å². The van der Waals surface area contributed by atoms with Crippen molar-refractivity contribution in [1.82, 2.24) is 15.0 Å². The summed E-state index contributed by atoms with van der Waals surface area (Å²) in [5, 5.41) is 5.02. The van der Waals surface area contributed by atoms with E-state index in [-0.39, 0.29) is 11.6 Å². The van der Waals surface area contributed by atoms with Gasteiger partial charge in [-0.15, -0.1) is 0 Å². The average Bonchev–Trinajstić information content (AvgIpc) is 2.90. The standard InChI is InChI=1S/C26H25N5O3/c32-25(28-22-10-5-7-19-6-1-2-9-21(19)22)23-18-24(34-15-11-20-8-3-4-12-27-20)30-26(29-23)31-13-16-33-17-14-31/h1-10,12,18H,11,13-17H2,(H,28,32). The predicted molar refractivity (Wildman–Crippen MR) is 130 cm³/mol. The number of ether oxygens (including phenoxy) is 2. The van der Waals surface area contributed by atoms with Crippen LogP contribution in [0.2, 0.25) is 0 Å². The van der Waals surface area contributed by atoms with Gasteiger partial charge in [-0.25, -0.2) is 4.98 Å². The first-order chi connectivity index (χ1) is 16.8. The Morgan fingerprint density at radius 2 is 1.82 bits per heavy atom. The zero-order valence-electron chi connectivity index (χ0n) is 18.7. The molecule has 0 spiro atoms. The van der Waals surface area contributed by atoms with E-state index >= 15 is 0 Å². The zero-order chi connectivity index (χ0) is 23.2. The largest absolute Gasteiger partial charge is 0.477 e. The summed E-state index contributed by atoms with van der Waals surface area (Å²) in [4.78, 5) is 28.7. The lowest BCUT2D eigenvalue weighted by Crippen LogP contribution is -2.37. The van der Waals surface area contributed by atoms with Crippen LogP contribution >= 0.6 is 0 Å². The second kappa shape index (κ2) is 10.3. The van der Waals surface area contributed by atoms with Crippen molar-refractivity contribution < 1.29 is 14.3 Å². The van der Waals surface area contributed by atoms with E-state index in [0.717, 1.165) is 22.2 Å². The number of aromatic nitrogens is 3. The molecule has 0 radical (unpaired) electrons. The van der Waals surface area contributed by atoms with Gasteiger partial charge in [0.15, 0.2) is 0 Å². The summed E-state index contributed by atoms with van der Waals surface area (Å²) in [5.41, 5.74) is 1.91. The molecular weight excluding hydrogens is 430 g/mol. The van der Waals surface area contributed by atoms with Gasteiger partial charge in [0.1, 0.15) is 5.69 Å². The fourth-order valence-electron chi connectivity index (χ4n) is 3.83. The van der Waals surface area contributed by atoms with Crippen LogP contribution in [0.4, 0.5) is 11.6 Å². The molecule has 1 saturated heterocycles. The van der Waals surface area contributed by atoms with Crippen molar-refractivity contribution in [3.05, 3.63) is 84.3 Å². The predicted octanol–water partition coefficient (Wildman–Crippen LogP) is 3.74. The van der Waals surface area contributed by atoms with Crippen molar-refractivity contribution in [2.75, 3.05) is 43.1 Å². The number of benzene rings is 2. The summed E-state index contributed by atoms with van der Waals surface area (Å²) in [6, 6.07) is 21.1. The van der Waals surface area contributed by atoms with E-state index in [9.17, 15) is 4.79 Å². The fourth-order valence-corrected chi connectivity index (χ4v) is 3.83. The molecular formula is C26H25N5O3. The molecule has 1 aliphatic heterocycles. The summed E-state index contributed by atoms with van der Waals surface area (Å²) in [5.74, 6) is 0.500. The van der Waals surface area contributed by atoms with E-state index < -0.39 is 0 Å². The lowest BCUT2D eigenvalue weighted by atomic mass is 10.1. The number of fused-ring (bicyclic) bond motifs is 1. The van der Waals surface area contributed by atoms with Gasteiger partial charge in [-0.1, -0.05) is 42.5 Å². The van der Waals surface area contributed by atoms with Gasteiger partial charge in [-0.2, -0.15) is 4.98 Å². The minimum atomic E-state index is -0.317. The first-order valence-corrected chi connectivity index (χ1v) is 11.3. The maximum Gasteiger partial charge on any atom is 0.274 e. The van der Waals surface area contributed by atoms with Gasteiger partial charge < -0.3 is 19.7 Å². The molecule has 0 atom stereocenters. The molecule has 2 aromatic heterocycles. The highest BCUT2D eigenvalue weighted by Gasteiger charge is 2.19. The topological polar surface area (TPSA) is 89.5 Å². The monoisotopic (exact) mass is 455 g/mol. The van der Waals surface area contributed by atoms with Gasteiger partial charge in [-0.3, -0.25) is 9.78 Å². The number of nitrogens with zero attached hydrogens (tertiary/aromatic N) is 4. The Hall–Kier alpha value is -4.04. The van der Waals surface area contributed by atoms with Crippen molar-refractivity contribution in [2.45, 2.75) is 6.42 Å². The Morgan fingerprint density at radius 1 is 1.00 bits per heavy atom. The molecule has 172 valence electrons. The molecule has 5 rings (SSSR count). The van der Waals surface area contributed by atoms with Crippen LogP contribution in [-0.4, -0.2) is 53.8 Å². The van der Waals surface area contributed by atoms with Gasteiger partial charge in [0.05, 0.1) is 19.8 Å². The normalized spacial score (nSPS) is 13.6.